The smallest absolute Gasteiger partial charge is 0.222 e. The number of aryl methyl sites for hydroxylation is 1. The van der Waals surface area contributed by atoms with Crippen molar-refractivity contribution >= 4 is 17.2 Å². The summed E-state index contributed by atoms with van der Waals surface area (Å²) < 4.78 is 11.6. The maximum Gasteiger partial charge on any atom is 0.222 e. The minimum Gasteiger partial charge on any atom is -0.486 e. The van der Waals surface area contributed by atoms with E-state index in [9.17, 15) is 4.79 Å². The van der Waals surface area contributed by atoms with Crippen molar-refractivity contribution in [3.63, 3.8) is 0 Å². The van der Waals surface area contributed by atoms with Gasteiger partial charge in [-0.25, -0.2) is 0 Å². The SMILES string of the molecule is CN(CC1COc2ccccc2O1)C(=O)CCc1cccs1. The second kappa shape index (κ2) is 6.83. The first-order chi connectivity index (χ1) is 10.7. The van der Waals surface area contributed by atoms with E-state index < -0.39 is 0 Å². The molecule has 116 valence electrons. The van der Waals surface area contributed by atoms with Crippen molar-refractivity contribution in [1.82, 2.24) is 4.90 Å². The summed E-state index contributed by atoms with van der Waals surface area (Å²) in [6.45, 7) is 1.01. The molecule has 0 saturated heterocycles. The van der Waals surface area contributed by atoms with Crippen molar-refractivity contribution in [3.8, 4) is 11.5 Å². The van der Waals surface area contributed by atoms with E-state index in [1.807, 2.05) is 42.8 Å². The number of carbonyl (C=O) groups is 1. The number of amides is 1. The molecule has 5 heteroatoms. The van der Waals surface area contributed by atoms with E-state index in [1.54, 1.807) is 16.2 Å². The highest BCUT2D eigenvalue weighted by Gasteiger charge is 2.23. The lowest BCUT2D eigenvalue weighted by atomic mass is 10.2. The van der Waals surface area contributed by atoms with Crippen molar-refractivity contribution in [2.45, 2.75) is 18.9 Å². The number of hydrogen-bond acceptors (Lipinski definition) is 4. The fourth-order valence-electron chi connectivity index (χ4n) is 2.44. The summed E-state index contributed by atoms with van der Waals surface area (Å²) in [7, 11) is 1.82. The number of nitrogens with zero attached hydrogens (tertiary/aromatic N) is 1. The molecule has 0 fully saturated rings. The van der Waals surface area contributed by atoms with Gasteiger partial charge in [0.2, 0.25) is 5.91 Å². The summed E-state index contributed by atoms with van der Waals surface area (Å²) in [5.74, 6) is 1.65. The second-order valence-corrected chi connectivity index (χ2v) is 6.38. The van der Waals surface area contributed by atoms with Crippen LogP contribution in [0.1, 0.15) is 11.3 Å². The number of benzene rings is 1. The number of thiophene rings is 1. The van der Waals surface area contributed by atoms with Crippen LogP contribution in [-0.2, 0) is 11.2 Å². The van der Waals surface area contributed by atoms with Crippen LogP contribution in [0.15, 0.2) is 41.8 Å². The van der Waals surface area contributed by atoms with Crippen molar-refractivity contribution < 1.29 is 14.3 Å². The minimum absolute atomic E-state index is 0.120. The standard InChI is InChI=1S/C17H19NO3S/c1-18(17(19)9-8-14-5-4-10-22-14)11-13-12-20-15-6-2-3-7-16(15)21-13/h2-7,10,13H,8-9,11-12H2,1H3. The van der Waals surface area contributed by atoms with Crippen LogP contribution in [-0.4, -0.2) is 37.1 Å². The molecule has 1 aliphatic heterocycles. The van der Waals surface area contributed by atoms with E-state index in [4.69, 9.17) is 9.47 Å². The molecular weight excluding hydrogens is 298 g/mol. The number of para-hydroxylation sites is 2. The number of ether oxygens (including phenoxy) is 2. The Hall–Kier alpha value is -2.01. The van der Waals surface area contributed by atoms with Gasteiger partial charge in [-0.15, -0.1) is 11.3 Å². The van der Waals surface area contributed by atoms with Crippen LogP contribution in [0.4, 0.5) is 0 Å². The molecule has 0 radical (unpaired) electrons. The topological polar surface area (TPSA) is 38.8 Å². The average molecular weight is 317 g/mol. The second-order valence-electron chi connectivity index (χ2n) is 5.35. The van der Waals surface area contributed by atoms with Crippen molar-refractivity contribution in [2.75, 3.05) is 20.2 Å². The van der Waals surface area contributed by atoms with Gasteiger partial charge >= 0.3 is 0 Å². The van der Waals surface area contributed by atoms with Crippen molar-refractivity contribution in [1.29, 1.82) is 0 Å². The van der Waals surface area contributed by atoms with Gasteiger partial charge in [-0.3, -0.25) is 4.79 Å². The summed E-state index contributed by atoms with van der Waals surface area (Å²) in [6, 6.07) is 11.7. The molecule has 1 amide bonds. The average Bonchev–Trinajstić information content (AvgIpc) is 3.06. The highest BCUT2D eigenvalue weighted by atomic mass is 32.1. The van der Waals surface area contributed by atoms with Crippen LogP contribution in [0.25, 0.3) is 0 Å². The third-order valence-electron chi connectivity index (χ3n) is 3.64. The third-order valence-corrected chi connectivity index (χ3v) is 4.57. The van der Waals surface area contributed by atoms with Crippen LogP contribution >= 0.6 is 11.3 Å². The molecular formula is C17H19NO3S. The molecule has 0 spiro atoms. The molecule has 3 rings (SSSR count). The van der Waals surface area contributed by atoms with Gasteiger partial charge in [-0.1, -0.05) is 18.2 Å². The molecule has 1 aromatic heterocycles. The van der Waals surface area contributed by atoms with E-state index in [0.29, 0.717) is 19.6 Å². The summed E-state index contributed by atoms with van der Waals surface area (Å²) >= 11 is 1.69. The van der Waals surface area contributed by atoms with Gasteiger partial charge in [0.1, 0.15) is 6.61 Å². The molecule has 1 aliphatic rings. The van der Waals surface area contributed by atoms with E-state index in [2.05, 4.69) is 6.07 Å². The van der Waals surface area contributed by atoms with Gasteiger partial charge in [0.25, 0.3) is 0 Å². The fourth-order valence-corrected chi connectivity index (χ4v) is 3.15. The van der Waals surface area contributed by atoms with Gasteiger partial charge in [-0.05, 0) is 30.0 Å². The molecule has 22 heavy (non-hydrogen) atoms. The quantitative estimate of drug-likeness (QED) is 0.851. The Bertz CT molecular complexity index is 627. The van der Waals surface area contributed by atoms with E-state index in [1.165, 1.54) is 4.88 Å². The molecule has 0 N–H and O–H groups in total. The van der Waals surface area contributed by atoms with Gasteiger partial charge < -0.3 is 14.4 Å². The highest BCUT2D eigenvalue weighted by molar-refractivity contribution is 7.09. The zero-order valence-corrected chi connectivity index (χ0v) is 13.3. The maximum atomic E-state index is 12.2. The molecule has 0 aliphatic carbocycles. The molecule has 4 nitrogen and oxygen atoms in total. The molecule has 2 aromatic rings. The van der Waals surface area contributed by atoms with Crippen molar-refractivity contribution in [3.05, 3.63) is 46.7 Å². The predicted molar refractivity (Wildman–Crippen MR) is 86.6 cm³/mol. The first-order valence-corrected chi connectivity index (χ1v) is 8.25. The minimum atomic E-state index is -0.120. The molecule has 2 heterocycles. The Morgan fingerprint density at radius 1 is 1.27 bits per heavy atom. The Balaban J connectivity index is 1.49. The molecule has 1 aromatic carbocycles. The van der Waals surface area contributed by atoms with Crippen LogP contribution in [0.2, 0.25) is 0 Å². The molecule has 0 saturated carbocycles. The molecule has 1 unspecified atom stereocenters. The van der Waals surface area contributed by atoms with Gasteiger partial charge in [0.05, 0.1) is 6.54 Å². The first-order valence-electron chi connectivity index (χ1n) is 7.37. The van der Waals surface area contributed by atoms with Crippen LogP contribution in [0.5, 0.6) is 11.5 Å². The molecule has 1 atom stereocenters. The zero-order chi connectivity index (χ0) is 15.4. The maximum absolute atomic E-state index is 12.2. The lowest BCUT2D eigenvalue weighted by Crippen LogP contribution is -2.41. The van der Waals surface area contributed by atoms with Gasteiger partial charge in [0, 0.05) is 18.3 Å². The summed E-state index contributed by atoms with van der Waals surface area (Å²) in [5, 5.41) is 2.04. The Kier molecular flexibility index (Phi) is 4.63. The summed E-state index contributed by atoms with van der Waals surface area (Å²) in [4.78, 5) is 15.2. The fraction of sp³-hybridized carbons (Fsp3) is 0.353. The number of carbonyl (C=O) groups excluding carboxylic acids is 1. The molecule has 0 bridgehead atoms. The van der Waals surface area contributed by atoms with Crippen LogP contribution in [0, 0.1) is 0 Å². The van der Waals surface area contributed by atoms with E-state index in [0.717, 1.165) is 17.9 Å². The largest absolute Gasteiger partial charge is 0.486 e. The Labute approximate surface area is 134 Å². The van der Waals surface area contributed by atoms with Gasteiger partial charge in [-0.2, -0.15) is 0 Å². The van der Waals surface area contributed by atoms with E-state index in [-0.39, 0.29) is 12.0 Å². The number of fused-ring (bicyclic) bond motifs is 1. The van der Waals surface area contributed by atoms with Crippen LogP contribution in [0.3, 0.4) is 0 Å². The highest BCUT2D eigenvalue weighted by Crippen LogP contribution is 2.30. The Morgan fingerprint density at radius 3 is 2.86 bits per heavy atom. The first kappa shape index (κ1) is 14.9. The lowest BCUT2D eigenvalue weighted by molar-refractivity contribution is -0.131. The lowest BCUT2D eigenvalue weighted by Gasteiger charge is -2.29. The Morgan fingerprint density at radius 2 is 2.09 bits per heavy atom. The monoisotopic (exact) mass is 317 g/mol. The predicted octanol–water partition coefficient (Wildman–Crippen LogP) is 2.98. The third kappa shape index (κ3) is 3.60. The number of hydrogen-bond donors (Lipinski definition) is 0. The van der Waals surface area contributed by atoms with Crippen molar-refractivity contribution in [2.24, 2.45) is 0 Å². The zero-order valence-electron chi connectivity index (χ0n) is 12.5. The number of rotatable bonds is 5. The van der Waals surface area contributed by atoms with Crippen LogP contribution < -0.4 is 9.47 Å². The van der Waals surface area contributed by atoms with E-state index >= 15 is 0 Å². The summed E-state index contributed by atoms with van der Waals surface area (Å²) in [6.07, 6.45) is 1.21. The number of likely N-dealkylation sites (N-methyl/N-ethyl adjacent to an activating group) is 1. The summed E-state index contributed by atoms with van der Waals surface area (Å²) in [5.41, 5.74) is 0. The normalized spacial score (nSPS) is 16.3. The van der Waals surface area contributed by atoms with Gasteiger partial charge in [0.15, 0.2) is 17.6 Å².